The van der Waals surface area contributed by atoms with E-state index in [0.717, 1.165) is 48.0 Å². The van der Waals surface area contributed by atoms with Crippen molar-refractivity contribution >= 4 is 33.2 Å². The number of sulfonamides is 1. The summed E-state index contributed by atoms with van der Waals surface area (Å²) in [6, 6.07) is 21.0. The summed E-state index contributed by atoms with van der Waals surface area (Å²) in [4.78, 5) is 39.4. The second-order valence-corrected chi connectivity index (χ2v) is 12.0. The Morgan fingerprint density at radius 1 is 0.951 bits per heavy atom. The Morgan fingerprint density at radius 2 is 1.59 bits per heavy atom. The van der Waals surface area contributed by atoms with Crippen LogP contribution in [0.5, 0.6) is 0 Å². The second kappa shape index (κ2) is 13.4. The highest BCUT2D eigenvalue weighted by atomic mass is 32.2. The zero-order valence-electron chi connectivity index (χ0n) is 22.9. The molecule has 0 aliphatic heterocycles. The van der Waals surface area contributed by atoms with Crippen molar-refractivity contribution in [2.45, 2.75) is 62.6 Å². The Hall–Kier alpha value is -4.25. The number of anilines is 1. The number of carbonyl (C=O) groups is 2. The maximum absolute atomic E-state index is 14.0. The molecule has 2 amide bonds. The van der Waals surface area contributed by atoms with Crippen LogP contribution in [0.15, 0.2) is 89.8 Å². The SMILES string of the molecule is C[C@H](C(=O)NC1CCCCC1)N(Cc1ccccc1)C(=O)CN(c1cccc([N+](=O)[O-])c1)S(=O)(=O)c1ccccc1. The van der Waals surface area contributed by atoms with Crippen LogP contribution in [0, 0.1) is 10.1 Å². The van der Waals surface area contributed by atoms with Gasteiger partial charge in [-0.25, -0.2) is 8.42 Å². The van der Waals surface area contributed by atoms with Gasteiger partial charge in [0.1, 0.15) is 12.6 Å². The Balaban J connectivity index is 1.68. The lowest BCUT2D eigenvalue weighted by atomic mass is 9.95. The molecular formula is C30H34N4O6S. The van der Waals surface area contributed by atoms with Crippen molar-refractivity contribution in [2.75, 3.05) is 10.8 Å². The third-order valence-electron chi connectivity index (χ3n) is 7.25. The van der Waals surface area contributed by atoms with Crippen molar-refractivity contribution in [3.05, 3.63) is 101 Å². The van der Waals surface area contributed by atoms with Gasteiger partial charge in [0.25, 0.3) is 15.7 Å². The first-order valence-corrected chi connectivity index (χ1v) is 15.1. The molecule has 1 aliphatic carbocycles. The molecular weight excluding hydrogens is 544 g/mol. The van der Waals surface area contributed by atoms with Gasteiger partial charge in [-0.15, -0.1) is 0 Å². The van der Waals surface area contributed by atoms with Crippen molar-refractivity contribution in [3.8, 4) is 0 Å². The highest BCUT2D eigenvalue weighted by molar-refractivity contribution is 7.92. The number of benzene rings is 3. The lowest BCUT2D eigenvalue weighted by Crippen LogP contribution is -2.53. The van der Waals surface area contributed by atoms with Crippen molar-refractivity contribution < 1.29 is 22.9 Å². The number of hydrogen-bond acceptors (Lipinski definition) is 6. The maximum atomic E-state index is 14.0. The van der Waals surface area contributed by atoms with E-state index in [1.165, 1.54) is 35.2 Å². The summed E-state index contributed by atoms with van der Waals surface area (Å²) in [6.07, 6.45) is 4.94. The molecule has 0 aromatic heterocycles. The van der Waals surface area contributed by atoms with Gasteiger partial charge < -0.3 is 10.2 Å². The van der Waals surface area contributed by atoms with Crippen LogP contribution in [0.4, 0.5) is 11.4 Å². The zero-order valence-corrected chi connectivity index (χ0v) is 23.7. The van der Waals surface area contributed by atoms with Gasteiger partial charge in [0.15, 0.2) is 0 Å². The molecule has 11 heteroatoms. The average Bonchev–Trinajstić information content (AvgIpc) is 2.99. The van der Waals surface area contributed by atoms with E-state index in [1.54, 1.807) is 25.1 Å². The van der Waals surface area contributed by atoms with Gasteiger partial charge in [-0.1, -0.05) is 73.9 Å². The predicted molar refractivity (Wildman–Crippen MR) is 156 cm³/mol. The first-order chi connectivity index (χ1) is 19.7. The number of nitro benzene ring substituents is 1. The number of nitrogens with zero attached hydrogens (tertiary/aromatic N) is 3. The number of rotatable bonds is 11. The summed E-state index contributed by atoms with van der Waals surface area (Å²) < 4.78 is 28.5. The minimum absolute atomic E-state index is 0.0321. The molecule has 3 aromatic carbocycles. The molecule has 4 rings (SSSR count). The van der Waals surface area contributed by atoms with E-state index in [9.17, 15) is 28.1 Å². The average molecular weight is 579 g/mol. The largest absolute Gasteiger partial charge is 0.352 e. The fourth-order valence-electron chi connectivity index (χ4n) is 4.94. The van der Waals surface area contributed by atoms with Crippen molar-refractivity contribution in [3.63, 3.8) is 0 Å². The Labute approximate surface area is 240 Å². The van der Waals surface area contributed by atoms with E-state index in [4.69, 9.17) is 0 Å². The molecule has 1 saturated carbocycles. The number of nitrogens with one attached hydrogen (secondary N) is 1. The fourth-order valence-corrected chi connectivity index (χ4v) is 6.37. The van der Waals surface area contributed by atoms with E-state index in [2.05, 4.69) is 5.32 Å². The maximum Gasteiger partial charge on any atom is 0.271 e. The van der Waals surface area contributed by atoms with Gasteiger partial charge in [0.05, 0.1) is 15.5 Å². The molecule has 216 valence electrons. The zero-order chi connectivity index (χ0) is 29.4. The molecule has 1 atom stereocenters. The van der Waals surface area contributed by atoms with E-state index in [-0.39, 0.29) is 34.8 Å². The van der Waals surface area contributed by atoms with Crippen LogP contribution in [-0.2, 0) is 26.2 Å². The van der Waals surface area contributed by atoms with Crippen LogP contribution in [0.1, 0.15) is 44.6 Å². The third-order valence-corrected chi connectivity index (χ3v) is 9.04. The number of hydrogen-bond donors (Lipinski definition) is 1. The number of non-ortho nitro benzene ring substituents is 1. The molecule has 1 aliphatic rings. The summed E-state index contributed by atoms with van der Waals surface area (Å²) >= 11 is 0. The minimum atomic E-state index is -4.30. The molecule has 1 fully saturated rings. The van der Waals surface area contributed by atoms with Crippen LogP contribution in [-0.4, -0.2) is 48.7 Å². The summed E-state index contributed by atoms with van der Waals surface area (Å²) in [5, 5.41) is 14.5. The number of carbonyl (C=O) groups excluding carboxylic acids is 2. The van der Waals surface area contributed by atoms with E-state index in [0.29, 0.717) is 0 Å². The van der Waals surface area contributed by atoms with Crippen LogP contribution in [0.3, 0.4) is 0 Å². The molecule has 0 radical (unpaired) electrons. The smallest absolute Gasteiger partial charge is 0.271 e. The fraction of sp³-hybridized carbons (Fsp3) is 0.333. The topological polar surface area (TPSA) is 130 Å². The van der Waals surface area contributed by atoms with Gasteiger partial charge >= 0.3 is 0 Å². The Kier molecular flexibility index (Phi) is 9.72. The van der Waals surface area contributed by atoms with E-state index in [1.807, 2.05) is 30.3 Å². The third kappa shape index (κ3) is 7.49. The van der Waals surface area contributed by atoms with Gasteiger partial charge in [-0.2, -0.15) is 0 Å². The molecule has 0 bridgehead atoms. The first-order valence-electron chi connectivity index (χ1n) is 13.6. The van der Waals surface area contributed by atoms with Crippen LogP contribution in [0.2, 0.25) is 0 Å². The monoisotopic (exact) mass is 578 g/mol. The first kappa shape index (κ1) is 29.7. The number of nitro groups is 1. The molecule has 1 N–H and O–H groups in total. The molecule has 0 unspecified atom stereocenters. The van der Waals surface area contributed by atoms with Crippen molar-refractivity contribution in [1.29, 1.82) is 0 Å². The van der Waals surface area contributed by atoms with E-state index >= 15 is 0 Å². The molecule has 3 aromatic rings. The highest BCUT2D eigenvalue weighted by Gasteiger charge is 2.33. The highest BCUT2D eigenvalue weighted by Crippen LogP contribution is 2.27. The standard InChI is InChI=1S/C30H34N4O6S/c1-23(30(36)31-25-14-7-3-8-15-25)32(21-24-12-5-2-6-13-24)29(35)22-33(26-16-11-17-27(20-26)34(37)38)41(39,40)28-18-9-4-10-19-28/h2,4-6,9-13,16-20,23,25H,3,7-8,14-15,21-22H2,1H3,(H,31,36)/t23-/m1/s1. The van der Waals surface area contributed by atoms with Gasteiger partial charge in [0, 0.05) is 24.7 Å². The summed E-state index contributed by atoms with van der Waals surface area (Å²) in [6.45, 7) is 1.04. The Morgan fingerprint density at radius 3 is 2.22 bits per heavy atom. The molecule has 0 saturated heterocycles. The van der Waals surface area contributed by atoms with Crippen molar-refractivity contribution in [2.24, 2.45) is 0 Å². The van der Waals surface area contributed by atoms with Crippen LogP contribution < -0.4 is 9.62 Å². The quantitative estimate of drug-likeness (QED) is 0.260. The number of amides is 2. The van der Waals surface area contributed by atoms with Gasteiger partial charge in [0.2, 0.25) is 11.8 Å². The normalized spacial score (nSPS) is 14.6. The minimum Gasteiger partial charge on any atom is -0.352 e. The lowest BCUT2D eigenvalue weighted by Gasteiger charge is -2.33. The molecule has 0 heterocycles. The molecule has 10 nitrogen and oxygen atoms in total. The van der Waals surface area contributed by atoms with Crippen molar-refractivity contribution in [1.82, 2.24) is 10.2 Å². The van der Waals surface area contributed by atoms with Gasteiger partial charge in [-0.3, -0.25) is 24.0 Å². The second-order valence-electron chi connectivity index (χ2n) is 10.1. The lowest BCUT2D eigenvalue weighted by molar-refractivity contribution is -0.384. The molecule has 0 spiro atoms. The summed E-state index contributed by atoms with van der Waals surface area (Å²) in [5.74, 6) is -0.930. The summed E-state index contributed by atoms with van der Waals surface area (Å²) in [5.41, 5.74) is 0.422. The predicted octanol–water partition coefficient (Wildman–Crippen LogP) is 4.66. The van der Waals surface area contributed by atoms with E-state index < -0.39 is 33.4 Å². The Bertz CT molecular complexity index is 1460. The summed E-state index contributed by atoms with van der Waals surface area (Å²) in [7, 11) is -4.30. The van der Waals surface area contributed by atoms with Crippen LogP contribution >= 0.6 is 0 Å². The molecule has 41 heavy (non-hydrogen) atoms. The van der Waals surface area contributed by atoms with Gasteiger partial charge in [-0.05, 0) is 43.5 Å². The van der Waals surface area contributed by atoms with Crippen LogP contribution in [0.25, 0.3) is 0 Å².